The van der Waals surface area contributed by atoms with Crippen LogP contribution in [0.4, 0.5) is 5.69 Å². The average Bonchev–Trinajstić information content (AvgIpc) is 2.74. The van der Waals surface area contributed by atoms with E-state index in [0.29, 0.717) is 27.6 Å². The standard InChI is InChI=1S/C21H18ClN3O4S/c1-29-20-5-3-2-4-16(20)14-23-24-21(26)15-6-10-18(11-7-15)25-30(27,28)19-12-8-17(22)9-13-19/h2-14,25H,1H3,(H,24,26)/b23-14-. The van der Waals surface area contributed by atoms with E-state index in [2.05, 4.69) is 15.2 Å². The van der Waals surface area contributed by atoms with E-state index in [1.165, 1.54) is 54.7 Å². The molecule has 0 spiro atoms. The molecule has 0 atom stereocenters. The van der Waals surface area contributed by atoms with E-state index in [1.54, 1.807) is 19.2 Å². The maximum atomic E-state index is 12.4. The minimum Gasteiger partial charge on any atom is -0.496 e. The number of hydrogen-bond donors (Lipinski definition) is 2. The van der Waals surface area contributed by atoms with Crippen LogP contribution >= 0.6 is 11.6 Å². The molecular formula is C21H18ClN3O4S. The van der Waals surface area contributed by atoms with Crippen LogP contribution < -0.4 is 14.9 Å². The van der Waals surface area contributed by atoms with Gasteiger partial charge in [0, 0.05) is 21.8 Å². The van der Waals surface area contributed by atoms with E-state index in [4.69, 9.17) is 16.3 Å². The molecule has 0 saturated heterocycles. The van der Waals surface area contributed by atoms with Crippen molar-refractivity contribution in [2.24, 2.45) is 5.10 Å². The Hall–Kier alpha value is -3.36. The van der Waals surface area contributed by atoms with E-state index in [1.807, 2.05) is 12.1 Å². The zero-order chi connectivity index (χ0) is 21.6. The number of hydrogen-bond acceptors (Lipinski definition) is 5. The molecule has 0 unspecified atom stereocenters. The number of carbonyl (C=O) groups excluding carboxylic acids is 1. The van der Waals surface area contributed by atoms with Crippen LogP contribution in [0, 0.1) is 0 Å². The lowest BCUT2D eigenvalue weighted by Crippen LogP contribution is -2.18. The second-order valence-electron chi connectivity index (χ2n) is 6.08. The lowest BCUT2D eigenvalue weighted by Gasteiger charge is -2.09. The highest BCUT2D eigenvalue weighted by Crippen LogP contribution is 2.19. The molecule has 0 bridgehead atoms. The third-order valence-corrected chi connectivity index (χ3v) is 5.68. The summed E-state index contributed by atoms with van der Waals surface area (Å²) in [6, 6.07) is 19.0. The van der Waals surface area contributed by atoms with E-state index >= 15 is 0 Å². The third kappa shape index (κ3) is 5.37. The van der Waals surface area contributed by atoms with Gasteiger partial charge in [0.25, 0.3) is 15.9 Å². The summed E-state index contributed by atoms with van der Waals surface area (Å²) in [6.07, 6.45) is 1.48. The van der Waals surface area contributed by atoms with Gasteiger partial charge in [-0.3, -0.25) is 9.52 Å². The van der Waals surface area contributed by atoms with Crippen molar-refractivity contribution >= 4 is 39.4 Å². The van der Waals surface area contributed by atoms with Crippen molar-refractivity contribution in [1.82, 2.24) is 5.43 Å². The summed E-state index contributed by atoms with van der Waals surface area (Å²) in [6.45, 7) is 0. The van der Waals surface area contributed by atoms with Gasteiger partial charge >= 0.3 is 0 Å². The summed E-state index contributed by atoms with van der Waals surface area (Å²) in [7, 11) is -2.21. The maximum absolute atomic E-state index is 12.4. The zero-order valence-corrected chi connectivity index (χ0v) is 17.4. The first-order valence-corrected chi connectivity index (χ1v) is 10.6. The molecule has 0 saturated carbocycles. The van der Waals surface area contributed by atoms with Gasteiger partial charge < -0.3 is 4.74 Å². The average molecular weight is 444 g/mol. The first kappa shape index (κ1) is 21.4. The molecule has 3 aromatic rings. The Morgan fingerprint density at radius 3 is 2.33 bits per heavy atom. The second-order valence-corrected chi connectivity index (χ2v) is 8.20. The zero-order valence-electron chi connectivity index (χ0n) is 15.9. The topological polar surface area (TPSA) is 96.9 Å². The van der Waals surface area contributed by atoms with Gasteiger partial charge in [0.05, 0.1) is 18.2 Å². The fraction of sp³-hybridized carbons (Fsp3) is 0.0476. The van der Waals surface area contributed by atoms with Gasteiger partial charge in [0.1, 0.15) is 5.75 Å². The number of ether oxygens (including phenoxy) is 1. The first-order valence-electron chi connectivity index (χ1n) is 8.74. The number of hydrazone groups is 1. The molecule has 0 radical (unpaired) electrons. The molecular weight excluding hydrogens is 426 g/mol. The molecule has 0 fully saturated rings. The number of amides is 1. The summed E-state index contributed by atoms with van der Waals surface area (Å²) in [5, 5.41) is 4.37. The summed E-state index contributed by atoms with van der Waals surface area (Å²) in [4.78, 5) is 12.3. The highest BCUT2D eigenvalue weighted by Gasteiger charge is 2.14. The number of para-hydroxylation sites is 1. The third-order valence-electron chi connectivity index (χ3n) is 4.03. The Kier molecular flexibility index (Phi) is 6.71. The molecule has 9 heteroatoms. The predicted molar refractivity (Wildman–Crippen MR) is 117 cm³/mol. The van der Waals surface area contributed by atoms with Crippen molar-refractivity contribution in [3.8, 4) is 5.75 Å². The van der Waals surface area contributed by atoms with Gasteiger partial charge in [-0.05, 0) is 60.7 Å². The van der Waals surface area contributed by atoms with Crippen LogP contribution in [0.25, 0.3) is 0 Å². The summed E-state index contributed by atoms with van der Waals surface area (Å²) in [5.41, 5.74) is 3.78. The minimum atomic E-state index is -3.76. The molecule has 3 aromatic carbocycles. The molecule has 1 amide bonds. The van der Waals surface area contributed by atoms with E-state index < -0.39 is 15.9 Å². The van der Waals surface area contributed by atoms with Crippen LogP contribution in [-0.2, 0) is 10.0 Å². The van der Waals surface area contributed by atoms with Crippen LogP contribution in [0.15, 0.2) is 82.8 Å². The molecule has 2 N–H and O–H groups in total. The summed E-state index contributed by atoms with van der Waals surface area (Å²) in [5.74, 6) is 0.195. The van der Waals surface area contributed by atoms with Crippen LogP contribution in [0.3, 0.4) is 0 Å². The van der Waals surface area contributed by atoms with Gasteiger partial charge in [-0.15, -0.1) is 0 Å². The normalized spacial score (nSPS) is 11.3. The van der Waals surface area contributed by atoms with Gasteiger partial charge in [-0.1, -0.05) is 23.7 Å². The Balaban J connectivity index is 1.64. The number of methoxy groups -OCH3 is 1. The highest BCUT2D eigenvalue weighted by molar-refractivity contribution is 7.92. The Labute approximate surface area is 179 Å². The molecule has 0 aromatic heterocycles. The number of halogens is 1. The van der Waals surface area contributed by atoms with Crippen molar-refractivity contribution in [3.05, 3.63) is 88.9 Å². The lowest BCUT2D eigenvalue weighted by atomic mass is 10.2. The van der Waals surface area contributed by atoms with Crippen LogP contribution in [0.1, 0.15) is 15.9 Å². The van der Waals surface area contributed by atoms with Gasteiger partial charge in [-0.2, -0.15) is 5.10 Å². The van der Waals surface area contributed by atoms with Gasteiger partial charge in [0.15, 0.2) is 0 Å². The van der Waals surface area contributed by atoms with Crippen molar-refractivity contribution < 1.29 is 17.9 Å². The number of anilines is 1. The largest absolute Gasteiger partial charge is 0.496 e. The first-order chi connectivity index (χ1) is 14.4. The number of rotatable bonds is 7. The van der Waals surface area contributed by atoms with E-state index in [9.17, 15) is 13.2 Å². The number of nitrogens with one attached hydrogen (secondary N) is 2. The minimum absolute atomic E-state index is 0.0828. The second kappa shape index (κ2) is 9.43. The van der Waals surface area contributed by atoms with Crippen molar-refractivity contribution in [3.63, 3.8) is 0 Å². The molecule has 0 heterocycles. The molecule has 154 valence electrons. The Morgan fingerprint density at radius 1 is 1.00 bits per heavy atom. The van der Waals surface area contributed by atoms with Crippen molar-refractivity contribution in [2.75, 3.05) is 11.8 Å². The molecule has 0 aliphatic heterocycles. The smallest absolute Gasteiger partial charge is 0.271 e. The molecule has 7 nitrogen and oxygen atoms in total. The number of nitrogens with zero attached hydrogens (tertiary/aromatic N) is 1. The van der Waals surface area contributed by atoms with Gasteiger partial charge in [0.2, 0.25) is 0 Å². The van der Waals surface area contributed by atoms with Gasteiger partial charge in [-0.25, -0.2) is 13.8 Å². The number of carbonyl (C=O) groups is 1. The summed E-state index contributed by atoms with van der Waals surface area (Å²) < 4.78 is 32.5. The molecule has 0 aliphatic rings. The van der Waals surface area contributed by atoms with Crippen LogP contribution in [0.5, 0.6) is 5.75 Å². The molecule has 30 heavy (non-hydrogen) atoms. The SMILES string of the molecule is COc1ccccc1/C=N\NC(=O)c1ccc(NS(=O)(=O)c2ccc(Cl)cc2)cc1. The Bertz CT molecular complexity index is 1160. The number of benzene rings is 3. The molecule has 0 aliphatic carbocycles. The van der Waals surface area contributed by atoms with Crippen molar-refractivity contribution in [2.45, 2.75) is 4.90 Å². The predicted octanol–water partition coefficient (Wildman–Crippen LogP) is 3.91. The van der Waals surface area contributed by atoms with Crippen LogP contribution in [-0.4, -0.2) is 27.6 Å². The maximum Gasteiger partial charge on any atom is 0.271 e. The van der Waals surface area contributed by atoms with Crippen molar-refractivity contribution in [1.29, 1.82) is 0 Å². The fourth-order valence-electron chi connectivity index (χ4n) is 2.52. The lowest BCUT2D eigenvalue weighted by molar-refractivity contribution is 0.0955. The fourth-order valence-corrected chi connectivity index (χ4v) is 3.70. The highest BCUT2D eigenvalue weighted by atomic mass is 35.5. The van der Waals surface area contributed by atoms with E-state index in [0.717, 1.165) is 0 Å². The monoisotopic (exact) mass is 443 g/mol. The van der Waals surface area contributed by atoms with E-state index in [-0.39, 0.29) is 4.90 Å². The quantitative estimate of drug-likeness (QED) is 0.427. The number of sulfonamides is 1. The molecule has 3 rings (SSSR count). The van der Waals surface area contributed by atoms with Crippen LogP contribution in [0.2, 0.25) is 5.02 Å². The Morgan fingerprint density at radius 2 is 1.67 bits per heavy atom. The summed E-state index contributed by atoms with van der Waals surface area (Å²) >= 11 is 5.79.